The number of aliphatic hydroxyl groups is 2. The van der Waals surface area contributed by atoms with Gasteiger partial charge in [-0.05, 0) is 55.8 Å². The van der Waals surface area contributed by atoms with Crippen molar-refractivity contribution in [3.05, 3.63) is 0 Å². The van der Waals surface area contributed by atoms with Crippen molar-refractivity contribution in [2.45, 2.75) is 90.0 Å². The van der Waals surface area contributed by atoms with Crippen LogP contribution in [0, 0.1) is 34.5 Å². The van der Waals surface area contributed by atoms with Gasteiger partial charge in [-0.2, -0.15) is 0 Å². The highest BCUT2D eigenvalue weighted by molar-refractivity contribution is 5.91. The summed E-state index contributed by atoms with van der Waals surface area (Å²) in [5, 5.41) is 23.1. The zero-order chi connectivity index (χ0) is 23.0. The number of Topliss-reactive ketones (excluding diaryl/α,β-unsaturated/α-hetero) is 2. The second-order valence-electron chi connectivity index (χ2n) is 11.2. The summed E-state index contributed by atoms with van der Waals surface area (Å²) in [6.45, 7) is 6.46. The zero-order valence-electron chi connectivity index (χ0n) is 18.9. The molecule has 4 aliphatic rings. The molecule has 4 aliphatic carbocycles. The Bertz CT molecular complexity index is 814. The molecule has 0 amide bonds. The first-order valence-electron chi connectivity index (χ1n) is 11.6. The number of rotatable bonds is 3. The van der Waals surface area contributed by atoms with Crippen molar-refractivity contribution in [2.24, 2.45) is 34.5 Å². The summed E-state index contributed by atoms with van der Waals surface area (Å²) in [5.74, 6) is -1.61. The van der Waals surface area contributed by atoms with E-state index < -0.39 is 46.6 Å². The van der Waals surface area contributed by atoms with Crippen LogP contribution < -0.4 is 0 Å². The number of alkyl halides is 1. The molecule has 0 aromatic rings. The molecular formula is C24H35FO6. The van der Waals surface area contributed by atoms with E-state index >= 15 is 4.39 Å². The molecule has 4 rings (SSSR count). The van der Waals surface area contributed by atoms with Gasteiger partial charge in [0.05, 0.1) is 0 Å². The van der Waals surface area contributed by atoms with Gasteiger partial charge in [0, 0.05) is 30.6 Å². The summed E-state index contributed by atoms with van der Waals surface area (Å²) < 4.78 is 20.5. The maximum absolute atomic E-state index is 15.5. The van der Waals surface area contributed by atoms with E-state index in [0.29, 0.717) is 32.1 Å². The smallest absolute Gasteiger partial charge is 0.303 e. The molecule has 7 heteroatoms. The molecular weight excluding hydrogens is 403 g/mol. The lowest BCUT2D eigenvalue weighted by atomic mass is 9.42. The van der Waals surface area contributed by atoms with Gasteiger partial charge in [-0.1, -0.05) is 20.8 Å². The van der Waals surface area contributed by atoms with Crippen molar-refractivity contribution >= 4 is 17.5 Å². The van der Waals surface area contributed by atoms with Crippen LogP contribution in [-0.4, -0.2) is 51.7 Å². The Balaban J connectivity index is 1.68. The molecule has 2 N–H and O–H groups in total. The fourth-order valence-corrected chi connectivity index (χ4v) is 8.24. The zero-order valence-corrected chi connectivity index (χ0v) is 18.9. The molecule has 31 heavy (non-hydrogen) atoms. The largest absolute Gasteiger partial charge is 0.458 e. The first-order chi connectivity index (χ1) is 14.3. The normalized spacial score (nSPS) is 51.5. The summed E-state index contributed by atoms with van der Waals surface area (Å²) in [4.78, 5) is 36.4. The van der Waals surface area contributed by atoms with E-state index in [0.717, 1.165) is 0 Å². The lowest BCUT2D eigenvalue weighted by molar-refractivity contribution is -0.238. The average molecular weight is 439 g/mol. The van der Waals surface area contributed by atoms with Gasteiger partial charge in [0.2, 0.25) is 5.78 Å². The highest BCUT2D eigenvalue weighted by Crippen LogP contribution is 2.70. The van der Waals surface area contributed by atoms with E-state index in [9.17, 15) is 24.6 Å². The molecule has 0 saturated heterocycles. The summed E-state index contributed by atoms with van der Waals surface area (Å²) in [6, 6.07) is 0. The molecule has 0 heterocycles. The van der Waals surface area contributed by atoms with Gasteiger partial charge < -0.3 is 14.9 Å². The van der Waals surface area contributed by atoms with Crippen molar-refractivity contribution < 1.29 is 33.7 Å². The van der Waals surface area contributed by atoms with E-state index in [2.05, 4.69) is 0 Å². The molecule has 0 aromatic heterocycles. The minimum absolute atomic E-state index is 0.0359. The molecule has 6 nitrogen and oxygen atoms in total. The summed E-state index contributed by atoms with van der Waals surface area (Å²) in [5.41, 5.74) is -4.72. The predicted octanol–water partition coefficient (Wildman–Crippen LogP) is 2.77. The maximum Gasteiger partial charge on any atom is 0.303 e. The third-order valence-corrected chi connectivity index (χ3v) is 10.0. The van der Waals surface area contributed by atoms with Gasteiger partial charge in [-0.3, -0.25) is 14.4 Å². The Morgan fingerprint density at radius 3 is 2.45 bits per heavy atom. The number of carbonyl (C=O) groups is 3. The van der Waals surface area contributed by atoms with Crippen molar-refractivity contribution in [3.63, 3.8) is 0 Å². The number of esters is 1. The van der Waals surface area contributed by atoms with E-state index in [1.54, 1.807) is 0 Å². The van der Waals surface area contributed by atoms with Gasteiger partial charge in [-0.25, -0.2) is 4.39 Å². The van der Waals surface area contributed by atoms with Crippen LogP contribution in [0.1, 0.15) is 72.6 Å². The monoisotopic (exact) mass is 438 g/mol. The second-order valence-corrected chi connectivity index (χ2v) is 11.2. The Morgan fingerprint density at radius 1 is 1.13 bits per heavy atom. The number of hydrogen-bond donors (Lipinski definition) is 2. The van der Waals surface area contributed by atoms with Crippen LogP contribution in [0.3, 0.4) is 0 Å². The number of fused-ring (bicyclic) bond motifs is 5. The second kappa shape index (κ2) is 7.08. The molecule has 9 atom stereocenters. The SMILES string of the molecule is CC(=O)OCC(=O)C1(O)[C@H](C)C[C@H]2[C@@H]3C[C@@H](F)[C@@]4(O)CC(=O)CC[C@]4(C)[C@H]3CC[C@@]21C. The van der Waals surface area contributed by atoms with Crippen LogP contribution in [0.4, 0.5) is 4.39 Å². The fourth-order valence-electron chi connectivity index (χ4n) is 8.24. The van der Waals surface area contributed by atoms with Crippen LogP contribution >= 0.6 is 0 Å². The lowest BCUT2D eigenvalue weighted by Gasteiger charge is -2.64. The maximum atomic E-state index is 15.5. The first-order valence-corrected chi connectivity index (χ1v) is 11.6. The van der Waals surface area contributed by atoms with Crippen molar-refractivity contribution in [1.82, 2.24) is 0 Å². The number of ether oxygens (including phenoxy) is 1. The van der Waals surface area contributed by atoms with Gasteiger partial charge in [0.1, 0.15) is 23.2 Å². The molecule has 0 radical (unpaired) electrons. The van der Waals surface area contributed by atoms with Gasteiger partial charge in [-0.15, -0.1) is 0 Å². The number of ketones is 2. The molecule has 0 spiro atoms. The van der Waals surface area contributed by atoms with Crippen molar-refractivity contribution in [3.8, 4) is 0 Å². The van der Waals surface area contributed by atoms with Gasteiger partial charge in [0.15, 0.2) is 6.61 Å². The highest BCUT2D eigenvalue weighted by Gasteiger charge is 2.72. The number of carbonyl (C=O) groups excluding carboxylic acids is 3. The minimum Gasteiger partial charge on any atom is -0.458 e. The van der Waals surface area contributed by atoms with Crippen LogP contribution in [0.25, 0.3) is 0 Å². The number of hydrogen-bond acceptors (Lipinski definition) is 6. The highest BCUT2D eigenvalue weighted by atomic mass is 19.1. The molecule has 0 bridgehead atoms. The molecule has 0 aromatic carbocycles. The molecule has 1 unspecified atom stereocenters. The van der Waals surface area contributed by atoms with E-state index in [1.165, 1.54) is 6.92 Å². The van der Waals surface area contributed by atoms with Crippen LogP contribution in [0.15, 0.2) is 0 Å². The first kappa shape index (κ1) is 22.8. The third-order valence-electron chi connectivity index (χ3n) is 10.0. The Hall–Kier alpha value is -1.34. The van der Waals surface area contributed by atoms with Gasteiger partial charge >= 0.3 is 5.97 Å². The lowest BCUT2D eigenvalue weighted by Crippen LogP contribution is -2.68. The predicted molar refractivity (Wildman–Crippen MR) is 110 cm³/mol. The van der Waals surface area contributed by atoms with Crippen LogP contribution in [0.2, 0.25) is 0 Å². The molecule has 4 saturated carbocycles. The summed E-state index contributed by atoms with van der Waals surface area (Å²) in [7, 11) is 0. The van der Waals surface area contributed by atoms with Crippen LogP contribution in [0.5, 0.6) is 0 Å². The quantitative estimate of drug-likeness (QED) is 0.657. The van der Waals surface area contributed by atoms with Crippen LogP contribution in [-0.2, 0) is 19.1 Å². The van der Waals surface area contributed by atoms with E-state index in [-0.39, 0.29) is 42.3 Å². The van der Waals surface area contributed by atoms with Gasteiger partial charge in [0.25, 0.3) is 0 Å². The van der Waals surface area contributed by atoms with E-state index in [4.69, 9.17) is 4.74 Å². The third kappa shape index (κ3) is 2.84. The summed E-state index contributed by atoms with van der Waals surface area (Å²) in [6.07, 6.45) is 1.15. The minimum atomic E-state index is -1.64. The fraction of sp³-hybridized carbons (Fsp3) is 0.875. The van der Waals surface area contributed by atoms with Crippen molar-refractivity contribution in [1.29, 1.82) is 0 Å². The Labute approximate surface area is 182 Å². The number of halogens is 1. The molecule has 174 valence electrons. The average Bonchev–Trinajstić information content (AvgIpc) is 2.90. The summed E-state index contributed by atoms with van der Waals surface area (Å²) >= 11 is 0. The standard InChI is InChI=1S/C24H35FO6/c1-13-9-18-16-10-19(25)23(29)11-15(27)5-7-21(23,3)17(16)6-8-22(18,4)24(13,30)20(28)12-31-14(2)26/h13,16-19,29-30H,5-12H2,1-4H3/t13-,16-,17+,18+,19-,21-,22+,23+,24?/m1/s1. The topological polar surface area (TPSA) is 101 Å². The van der Waals surface area contributed by atoms with Crippen molar-refractivity contribution in [2.75, 3.05) is 6.61 Å². The Morgan fingerprint density at radius 2 is 1.81 bits per heavy atom. The van der Waals surface area contributed by atoms with E-state index in [1.807, 2.05) is 20.8 Å². The molecule has 0 aliphatic heterocycles. The Kier molecular flexibility index (Phi) is 5.21. The molecule has 4 fully saturated rings.